The van der Waals surface area contributed by atoms with Crippen LogP contribution in [-0.4, -0.2) is 51.6 Å². The Kier molecular flexibility index (Phi) is 7.29. The van der Waals surface area contributed by atoms with Gasteiger partial charge in [0.1, 0.15) is 0 Å². The maximum atomic E-state index is 12.4. The van der Waals surface area contributed by atoms with E-state index in [-0.39, 0.29) is 11.9 Å². The van der Waals surface area contributed by atoms with Crippen molar-refractivity contribution in [1.82, 2.24) is 9.80 Å². The lowest BCUT2D eigenvalue weighted by Gasteiger charge is -2.37. The number of halogens is 1. The summed E-state index contributed by atoms with van der Waals surface area (Å²) < 4.78 is 0. The topological polar surface area (TPSA) is 43.8 Å². The summed E-state index contributed by atoms with van der Waals surface area (Å²) in [6, 6.07) is 8.22. The third-order valence-corrected chi connectivity index (χ3v) is 5.70. The zero-order valence-corrected chi connectivity index (χ0v) is 16.5. The number of aliphatic hydroxyl groups is 1. The maximum Gasteiger partial charge on any atom is 0.223 e. The van der Waals surface area contributed by atoms with Crippen molar-refractivity contribution in [2.75, 3.05) is 6.54 Å². The highest BCUT2D eigenvalue weighted by Gasteiger charge is 2.37. The number of amides is 1. The molecule has 1 N–H and O–H groups in total. The number of carbonyl (C=O) groups excluding carboxylic acids is 1. The van der Waals surface area contributed by atoms with E-state index in [0.29, 0.717) is 43.0 Å². The summed E-state index contributed by atoms with van der Waals surface area (Å²) >= 11 is 6.26. The van der Waals surface area contributed by atoms with Gasteiger partial charge >= 0.3 is 0 Å². The van der Waals surface area contributed by atoms with Gasteiger partial charge in [-0.25, -0.2) is 0 Å². The highest BCUT2D eigenvalue weighted by atomic mass is 35.5. The second-order valence-corrected chi connectivity index (χ2v) is 7.74. The molecule has 1 aromatic rings. The van der Waals surface area contributed by atoms with Crippen LogP contribution in [0.2, 0.25) is 5.02 Å². The minimum atomic E-state index is -0.551. The Hall–Kier alpha value is -1.10. The van der Waals surface area contributed by atoms with Gasteiger partial charge in [0.05, 0.1) is 12.1 Å². The van der Waals surface area contributed by atoms with Crippen LogP contribution in [0.3, 0.4) is 0 Å². The number of benzene rings is 1. The molecule has 2 rings (SSSR count). The van der Waals surface area contributed by atoms with E-state index < -0.39 is 6.10 Å². The van der Waals surface area contributed by atoms with Gasteiger partial charge in [0.2, 0.25) is 5.91 Å². The molecular formula is C20H31ClN2O2. The van der Waals surface area contributed by atoms with Crippen LogP contribution in [0.15, 0.2) is 24.3 Å². The molecule has 4 nitrogen and oxygen atoms in total. The highest BCUT2D eigenvalue weighted by molar-refractivity contribution is 6.31. The van der Waals surface area contributed by atoms with Crippen molar-refractivity contribution in [3.8, 4) is 0 Å². The largest absolute Gasteiger partial charge is 0.390 e. The number of hydrogen-bond acceptors (Lipinski definition) is 3. The molecule has 0 bridgehead atoms. The molecule has 140 valence electrons. The van der Waals surface area contributed by atoms with E-state index >= 15 is 0 Å². The van der Waals surface area contributed by atoms with Gasteiger partial charge in [-0.1, -0.05) is 36.7 Å². The summed E-state index contributed by atoms with van der Waals surface area (Å²) in [5.74, 6) is 0.101. The molecule has 5 heteroatoms. The molecule has 0 aromatic heterocycles. The lowest BCUT2D eigenvalue weighted by atomic mass is 10.0. The first kappa shape index (κ1) is 20.2. The van der Waals surface area contributed by atoms with E-state index in [9.17, 15) is 9.90 Å². The van der Waals surface area contributed by atoms with Crippen molar-refractivity contribution >= 4 is 17.5 Å². The molecule has 0 radical (unpaired) electrons. The van der Waals surface area contributed by atoms with Crippen LogP contribution in [0.4, 0.5) is 0 Å². The molecule has 1 fully saturated rings. The normalized spacial score (nSPS) is 20.6. The van der Waals surface area contributed by atoms with Gasteiger partial charge in [-0.3, -0.25) is 9.69 Å². The second-order valence-electron chi connectivity index (χ2n) is 7.33. The van der Waals surface area contributed by atoms with Gasteiger partial charge in [0.25, 0.3) is 0 Å². The lowest BCUT2D eigenvalue weighted by Crippen LogP contribution is -2.50. The SMILES string of the molecule is CC[C@@H](C)N(C[C@H](O)[C@@H]1CCC(=O)N1Cc1ccccc1Cl)C(C)C. The number of rotatable bonds is 8. The highest BCUT2D eigenvalue weighted by Crippen LogP contribution is 2.27. The Morgan fingerprint density at radius 3 is 2.60 bits per heavy atom. The summed E-state index contributed by atoms with van der Waals surface area (Å²) in [4.78, 5) is 16.5. The lowest BCUT2D eigenvalue weighted by molar-refractivity contribution is -0.131. The van der Waals surface area contributed by atoms with Crippen LogP contribution in [0.25, 0.3) is 0 Å². The van der Waals surface area contributed by atoms with Crippen LogP contribution >= 0.6 is 11.6 Å². The third kappa shape index (κ3) is 4.96. The predicted molar refractivity (Wildman–Crippen MR) is 103 cm³/mol. The Balaban J connectivity index is 2.10. The number of hydrogen-bond donors (Lipinski definition) is 1. The van der Waals surface area contributed by atoms with Crippen LogP contribution in [0, 0.1) is 0 Å². The Morgan fingerprint density at radius 1 is 1.32 bits per heavy atom. The van der Waals surface area contributed by atoms with Gasteiger partial charge in [-0.2, -0.15) is 0 Å². The summed E-state index contributed by atoms with van der Waals surface area (Å²) in [5, 5.41) is 11.5. The van der Waals surface area contributed by atoms with E-state index in [0.717, 1.165) is 12.0 Å². The van der Waals surface area contributed by atoms with E-state index in [1.807, 2.05) is 24.3 Å². The van der Waals surface area contributed by atoms with Crippen molar-refractivity contribution in [2.45, 2.75) is 77.7 Å². The first-order valence-corrected chi connectivity index (χ1v) is 9.69. The molecule has 0 aliphatic carbocycles. The van der Waals surface area contributed by atoms with E-state index in [1.165, 1.54) is 0 Å². The molecule has 25 heavy (non-hydrogen) atoms. The molecule has 1 saturated heterocycles. The Bertz CT molecular complexity index is 579. The fourth-order valence-electron chi connectivity index (χ4n) is 3.64. The molecule has 0 saturated carbocycles. The molecule has 1 aliphatic rings. The standard InChI is InChI=1S/C20H31ClN2O2/c1-5-15(4)22(14(2)3)13-19(24)18-10-11-20(25)23(18)12-16-8-6-7-9-17(16)21/h6-9,14-15,18-19,24H,5,10-13H2,1-4H3/t15-,18+,19+/m1/s1. The van der Waals surface area contributed by atoms with Crippen LogP contribution in [0.1, 0.15) is 52.5 Å². The van der Waals surface area contributed by atoms with Gasteiger partial charge < -0.3 is 10.0 Å². The molecule has 1 amide bonds. The third-order valence-electron chi connectivity index (χ3n) is 5.34. The number of carbonyl (C=O) groups is 1. The maximum absolute atomic E-state index is 12.4. The number of aliphatic hydroxyl groups excluding tert-OH is 1. The Labute approximate surface area is 156 Å². The zero-order valence-electron chi connectivity index (χ0n) is 15.8. The minimum Gasteiger partial charge on any atom is -0.390 e. The average molecular weight is 367 g/mol. The second kappa shape index (κ2) is 9.02. The quantitative estimate of drug-likeness (QED) is 0.762. The summed E-state index contributed by atoms with van der Waals surface area (Å²) in [7, 11) is 0. The summed E-state index contributed by atoms with van der Waals surface area (Å²) in [5.41, 5.74) is 0.930. The molecule has 3 atom stereocenters. The number of nitrogens with zero attached hydrogens (tertiary/aromatic N) is 2. The fourth-order valence-corrected chi connectivity index (χ4v) is 3.84. The average Bonchev–Trinajstić information content (AvgIpc) is 2.94. The number of likely N-dealkylation sites (tertiary alicyclic amines) is 1. The van der Waals surface area contributed by atoms with Crippen molar-refractivity contribution < 1.29 is 9.90 Å². The van der Waals surface area contributed by atoms with Crippen LogP contribution in [0.5, 0.6) is 0 Å². The smallest absolute Gasteiger partial charge is 0.223 e. The van der Waals surface area contributed by atoms with E-state index in [2.05, 4.69) is 32.6 Å². The van der Waals surface area contributed by atoms with Crippen molar-refractivity contribution in [3.05, 3.63) is 34.9 Å². The molecule has 0 unspecified atom stereocenters. The summed E-state index contributed by atoms with van der Waals surface area (Å²) in [6.07, 6.45) is 1.69. The monoisotopic (exact) mass is 366 g/mol. The minimum absolute atomic E-state index is 0.101. The first-order chi connectivity index (χ1) is 11.8. The van der Waals surface area contributed by atoms with Gasteiger partial charge in [0, 0.05) is 36.6 Å². The van der Waals surface area contributed by atoms with Gasteiger partial charge in [0.15, 0.2) is 0 Å². The predicted octanol–water partition coefficient (Wildman–Crippen LogP) is 3.70. The van der Waals surface area contributed by atoms with Gasteiger partial charge in [-0.15, -0.1) is 0 Å². The fraction of sp³-hybridized carbons (Fsp3) is 0.650. The zero-order chi connectivity index (χ0) is 18.6. The summed E-state index contributed by atoms with van der Waals surface area (Å²) in [6.45, 7) is 9.71. The van der Waals surface area contributed by atoms with Crippen molar-refractivity contribution in [3.63, 3.8) is 0 Å². The van der Waals surface area contributed by atoms with E-state index in [4.69, 9.17) is 11.6 Å². The van der Waals surface area contributed by atoms with Gasteiger partial charge in [-0.05, 0) is 45.2 Å². The molecule has 1 heterocycles. The molecule has 1 aromatic carbocycles. The van der Waals surface area contributed by atoms with Crippen molar-refractivity contribution in [2.24, 2.45) is 0 Å². The first-order valence-electron chi connectivity index (χ1n) is 9.31. The Morgan fingerprint density at radius 2 is 2.00 bits per heavy atom. The molecule has 0 spiro atoms. The van der Waals surface area contributed by atoms with Crippen LogP contribution in [-0.2, 0) is 11.3 Å². The van der Waals surface area contributed by atoms with E-state index in [1.54, 1.807) is 4.90 Å². The van der Waals surface area contributed by atoms with Crippen LogP contribution < -0.4 is 0 Å². The van der Waals surface area contributed by atoms with Crippen molar-refractivity contribution in [1.29, 1.82) is 0 Å². The molecular weight excluding hydrogens is 336 g/mol. The molecule has 1 aliphatic heterocycles.